The molecule has 1 aliphatic rings. The molecule has 98 valence electrons. The van der Waals surface area contributed by atoms with Crippen LogP contribution in [0.3, 0.4) is 0 Å². The summed E-state index contributed by atoms with van der Waals surface area (Å²) in [6.45, 7) is 3.23. The van der Waals surface area contributed by atoms with Gasteiger partial charge in [-0.25, -0.2) is 8.78 Å². The standard InChI is InChI=1S/C13H15F2NO2/c1-8(13(17)18)10-6-16(7-10)5-9-3-2-4-11(14)12(9)15/h2-4,8,10H,5-7H2,1H3,(H,17,18). The molecule has 0 saturated carbocycles. The van der Waals surface area contributed by atoms with Gasteiger partial charge in [0.1, 0.15) is 0 Å². The molecule has 1 fully saturated rings. The number of aliphatic carboxylic acids is 1. The maximum atomic E-state index is 13.4. The maximum Gasteiger partial charge on any atom is 0.306 e. The zero-order valence-corrected chi connectivity index (χ0v) is 10.1. The highest BCUT2D eigenvalue weighted by atomic mass is 19.2. The number of hydrogen-bond donors (Lipinski definition) is 1. The number of carboxylic acid groups (broad SMARTS) is 1. The predicted octanol–water partition coefficient (Wildman–Crippen LogP) is 2.12. The highest BCUT2D eigenvalue weighted by Crippen LogP contribution is 2.26. The van der Waals surface area contributed by atoms with Crippen LogP contribution in [0.2, 0.25) is 0 Å². The van der Waals surface area contributed by atoms with Crippen molar-refractivity contribution in [1.82, 2.24) is 4.90 Å². The Balaban J connectivity index is 1.91. The normalized spacial score (nSPS) is 18.4. The van der Waals surface area contributed by atoms with E-state index in [2.05, 4.69) is 0 Å². The molecule has 18 heavy (non-hydrogen) atoms. The molecule has 1 atom stereocenters. The van der Waals surface area contributed by atoms with Crippen molar-refractivity contribution >= 4 is 5.97 Å². The molecule has 3 nitrogen and oxygen atoms in total. The quantitative estimate of drug-likeness (QED) is 0.895. The first kappa shape index (κ1) is 13.0. The molecule has 5 heteroatoms. The summed E-state index contributed by atoms with van der Waals surface area (Å²) in [7, 11) is 0. The third-order valence-electron chi connectivity index (χ3n) is 3.51. The van der Waals surface area contributed by atoms with Gasteiger partial charge in [0.25, 0.3) is 0 Å². The Labute approximate surface area is 104 Å². The van der Waals surface area contributed by atoms with E-state index in [1.165, 1.54) is 6.07 Å². The minimum absolute atomic E-state index is 0.0964. The van der Waals surface area contributed by atoms with Crippen molar-refractivity contribution in [3.8, 4) is 0 Å². The predicted molar refractivity (Wildman–Crippen MR) is 61.9 cm³/mol. The maximum absolute atomic E-state index is 13.4. The highest BCUT2D eigenvalue weighted by molar-refractivity contribution is 5.70. The van der Waals surface area contributed by atoms with Gasteiger partial charge in [0, 0.05) is 25.2 Å². The van der Waals surface area contributed by atoms with E-state index < -0.39 is 23.5 Å². The van der Waals surface area contributed by atoms with Crippen LogP contribution in [0.25, 0.3) is 0 Å². The fourth-order valence-corrected chi connectivity index (χ4v) is 2.17. The molecule has 0 aromatic heterocycles. The summed E-state index contributed by atoms with van der Waals surface area (Å²) in [5.74, 6) is -2.76. The van der Waals surface area contributed by atoms with Gasteiger partial charge in [0.2, 0.25) is 0 Å². The smallest absolute Gasteiger partial charge is 0.306 e. The average Bonchev–Trinajstić information content (AvgIpc) is 2.27. The van der Waals surface area contributed by atoms with Gasteiger partial charge in [-0.1, -0.05) is 19.1 Å². The summed E-state index contributed by atoms with van der Waals surface area (Å²) in [5, 5.41) is 8.85. The Morgan fingerprint density at radius 3 is 2.78 bits per heavy atom. The second-order valence-corrected chi connectivity index (χ2v) is 4.79. The van der Waals surface area contributed by atoms with Gasteiger partial charge in [0.05, 0.1) is 5.92 Å². The summed E-state index contributed by atoms with van der Waals surface area (Å²) in [6.07, 6.45) is 0. The largest absolute Gasteiger partial charge is 0.481 e. The van der Waals surface area contributed by atoms with Crippen LogP contribution in [0.1, 0.15) is 12.5 Å². The van der Waals surface area contributed by atoms with Gasteiger partial charge in [-0.15, -0.1) is 0 Å². The topological polar surface area (TPSA) is 40.5 Å². The molecule has 0 spiro atoms. The van der Waals surface area contributed by atoms with Crippen LogP contribution in [0.5, 0.6) is 0 Å². The first-order chi connectivity index (χ1) is 8.49. The first-order valence-electron chi connectivity index (χ1n) is 5.87. The number of carboxylic acids is 1. The molecule has 0 amide bonds. The lowest BCUT2D eigenvalue weighted by molar-refractivity contribution is -0.145. The second kappa shape index (κ2) is 5.02. The van der Waals surface area contributed by atoms with E-state index in [-0.39, 0.29) is 5.92 Å². The van der Waals surface area contributed by atoms with Crippen molar-refractivity contribution in [2.45, 2.75) is 13.5 Å². The minimum Gasteiger partial charge on any atom is -0.481 e. The van der Waals surface area contributed by atoms with Gasteiger partial charge < -0.3 is 5.11 Å². The van der Waals surface area contributed by atoms with Crippen molar-refractivity contribution in [2.24, 2.45) is 11.8 Å². The lowest BCUT2D eigenvalue weighted by Gasteiger charge is -2.41. The van der Waals surface area contributed by atoms with Crippen molar-refractivity contribution in [2.75, 3.05) is 13.1 Å². The van der Waals surface area contributed by atoms with Crippen molar-refractivity contribution in [1.29, 1.82) is 0 Å². The zero-order chi connectivity index (χ0) is 13.3. The number of benzene rings is 1. The zero-order valence-electron chi connectivity index (χ0n) is 10.1. The summed E-state index contributed by atoms with van der Waals surface area (Å²) < 4.78 is 26.4. The monoisotopic (exact) mass is 255 g/mol. The van der Waals surface area contributed by atoms with E-state index in [0.717, 1.165) is 6.07 Å². The molecule has 2 rings (SSSR count). The lowest BCUT2D eigenvalue weighted by atomic mass is 9.87. The molecule has 1 heterocycles. The number of rotatable bonds is 4. The van der Waals surface area contributed by atoms with Crippen LogP contribution < -0.4 is 0 Å². The van der Waals surface area contributed by atoms with E-state index in [1.54, 1.807) is 13.0 Å². The molecular formula is C13H15F2NO2. The Morgan fingerprint density at radius 2 is 2.17 bits per heavy atom. The van der Waals surface area contributed by atoms with Crippen LogP contribution >= 0.6 is 0 Å². The van der Waals surface area contributed by atoms with Gasteiger partial charge in [-0.05, 0) is 12.0 Å². The first-order valence-corrected chi connectivity index (χ1v) is 5.87. The fraction of sp³-hybridized carbons (Fsp3) is 0.462. The lowest BCUT2D eigenvalue weighted by Crippen LogP contribution is -2.50. The second-order valence-electron chi connectivity index (χ2n) is 4.79. The molecule has 0 radical (unpaired) electrons. The molecular weight excluding hydrogens is 240 g/mol. The fourth-order valence-electron chi connectivity index (χ4n) is 2.17. The highest BCUT2D eigenvalue weighted by Gasteiger charge is 2.34. The molecule has 0 bridgehead atoms. The number of carbonyl (C=O) groups is 1. The van der Waals surface area contributed by atoms with Crippen LogP contribution in [-0.4, -0.2) is 29.1 Å². The van der Waals surface area contributed by atoms with Crippen LogP contribution in [0.15, 0.2) is 18.2 Å². The van der Waals surface area contributed by atoms with Gasteiger partial charge in [-0.3, -0.25) is 9.69 Å². The molecule has 1 unspecified atom stereocenters. The van der Waals surface area contributed by atoms with Crippen LogP contribution in [0.4, 0.5) is 8.78 Å². The van der Waals surface area contributed by atoms with Crippen molar-refractivity contribution in [3.63, 3.8) is 0 Å². The van der Waals surface area contributed by atoms with Gasteiger partial charge >= 0.3 is 5.97 Å². The van der Waals surface area contributed by atoms with Crippen molar-refractivity contribution < 1.29 is 18.7 Å². The van der Waals surface area contributed by atoms with Crippen LogP contribution in [-0.2, 0) is 11.3 Å². The molecule has 1 aromatic rings. The molecule has 1 N–H and O–H groups in total. The van der Waals surface area contributed by atoms with E-state index >= 15 is 0 Å². The Bertz CT molecular complexity index is 458. The summed E-state index contributed by atoms with van der Waals surface area (Å²) in [4.78, 5) is 12.7. The molecule has 1 aliphatic heterocycles. The van der Waals surface area contributed by atoms with Crippen LogP contribution in [0, 0.1) is 23.5 Å². The van der Waals surface area contributed by atoms with Crippen molar-refractivity contribution in [3.05, 3.63) is 35.4 Å². The summed E-state index contributed by atoms with van der Waals surface area (Å²) >= 11 is 0. The third kappa shape index (κ3) is 2.51. The SMILES string of the molecule is CC(C(=O)O)C1CN(Cc2cccc(F)c2F)C1. The Morgan fingerprint density at radius 1 is 1.50 bits per heavy atom. The Hall–Kier alpha value is -1.49. The summed E-state index contributed by atoms with van der Waals surface area (Å²) in [6, 6.07) is 4.11. The molecule has 0 aliphatic carbocycles. The number of likely N-dealkylation sites (tertiary alicyclic amines) is 1. The number of halogens is 2. The number of nitrogens with zero attached hydrogens (tertiary/aromatic N) is 1. The number of hydrogen-bond acceptors (Lipinski definition) is 2. The minimum atomic E-state index is -0.844. The third-order valence-corrected chi connectivity index (χ3v) is 3.51. The summed E-state index contributed by atoms with van der Waals surface area (Å²) in [5.41, 5.74) is 0.316. The molecule has 1 saturated heterocycles. The van der Waals surface area contributed by atoms with Gasteiger partial charge in [0.15, 0.2) is 11.6 Å². The van der Waals surface area contributed by atoms with E-state index in [1.807, 2.05) is 4.90 Å². The van der Waals surface area contributed by atoms with E-state index in [4.69, 9.17) is 5.11 Å². The average molecular weight is 255 g/mol. The van der Waals surface area contributed by atoms with Gasteiger partial charge in [-0.2, -0.15) is 0 Å². The van der Waals surface area contributed by atoms with E-state index in [0.29, 0.717) is 25.2 Å². The molecule has 1 aromatic carbocycles. The Kier molecular flexibility index (Phi) is 3.61. The van der Waals surface area contributed by atoms with E-state index in [9.17, 15) is 13.6 Å².